The maximum absolute atomic E-state index is 11.8. The molecule has 0 unspecified atom stereocenters. The molecule has 92 valence electrons. The van der Waals surface area contributed by atoms with E-state index < -0.39 is 0 Å². The standard InChI is InChI=1S/C13H18N2OS/c1-17-12-6-4-5-11(9-12)14-13(16)10-15-7-2-3-8-15/h4-6,9H,2-3,7-8,10H2,1H3,(H,14,16). The van der Waals surface area contributed by atoms with Gasteiger partial charge in [0.05, 0.1) is 6.54 Å². The lowest BCUT2D eigenvalue weighted by Crippen LogP contribution is -2.30. The summed E-state index contributed by atoms with van der Waals surface area (Å²) in [5.74, 6) is 0.0881. The van der Waals surface area contributed by atoms with Gasteiger partial charge in [-0.05, 0) is 50.4 Å². The quantitative estimate of drug-likeness (QED) is 0.833. The van der Waals surface area contributed by atoms with E-state index in [2.05, 4.69) is 10.2 Å². The molecule has 2 rings (SSSR count). The number of nitrogens with zero attached hydrogens (tertiary/aromatic N) is 1. The lowest BCUT2D eigenvalue weighted by molar-refractivity contribution is -0.117. The Bertz CT molecular complexity index is 389. The summed E-state index contributed by atoms with van der Waals surface area (Å²) in [5, 5.41) is 2.95. The zero-order valence-corrected chi connectivity index (χ0v) is 10.9. The number of hydrogen-bond donors (Lipinski definition) is 1. The van der Waals surface area contributed by atoms with Crippen LogP contribution in [0, 0.1) is 0 Å². The number of carbonyl (C=O) groups is 1. The van der Waals surface area contributed by atoms with Gasteiger partial charge in [0.15, 0.2) is 0 Å². The molecule has 1 aliphatic heterocycles. The number of likely N-dealkylation sites (tertiary alicyclic amines) is 1. The maximum Gasteiger partial charge on any atom is 0.238 e. The highest BCUT2D eigenvalue weighted by Crippen LogP contribution is 2.19. The monoisotopic (exact) mass is 250 g/mol. The summed E-state index contributed by atoms with van der Waals surface area (Å²) >= 11 is 1.68. The van der Waals surface area contributed by atoms with Crippen molar-refractivity contribution in [3.63, 3.8) is 0 Å². The Morgan fingerprint density at radius 3 is 2.88 bits per heavy atom. The van der Waals surface area contributed by atoms with E-state index in [9.17, 15) is 4.79 Å². The first-order valence-electron chi connectivity index (χ1n) is 5.94. The van der Waals surface area contributed by atoms with Crippen molar-refractivity contribution in [2.75, 3.05) is 31.2 Å². The maximum atomic E-state index is 11.8. The van der Waals surface area contributed by atoms with Crippen LogP contribution in [0.5, 0.6) is 0 Å². The zero-order chi connectivity index (χ0) is 12.1. The van der Waals surface area contributed by atoms with E-state index in [-0.39, 0.29) is 5.91 Å². The topological polar surface area (TPSA) is 32.3 Å². The summed E-state index contributed by atoms with van der Waals surface area (Å²) in [4.78, 5) is 15.2. The van der Waals surface area contributed by atoms with Crippen LogP contribution >= 0.6 is 11.8 Å². The lowest BCUT2D eigenvalue weighted by atomic mass is 10.3. The number of benzene rings is 1. The molecular weight excluding hydrogens is 232 g/mol. The Morgan fingerprint density at radius 2 is 2.18 bits per heavy atom. The van der Waals surface area contributed by atoms with Crippen LogP contribution in [0.3, 0.4) is 0 Å². The van der Waals surface area contributed by atoms with Gasteiger partial charge in [0.1, 0.15) is 0 Å². The molecule has 17 heavy (non-hydrogen) atoms. The molecule has 0 spiro atoms. The summed E-state index contributed by atoms with van der Waals surface area (Å²) in [6, 6.07) is 7.95. The summed E-state index contributed by atoms with van der Waals surface area (Å²) in [5.41, 5.74) is 0.890. The Morgan fingerprint density at radius 1 is 1.41 bits per heavy atom. The molecular formula is C13H18N2OS. The molecule has 0 aliphatic carbocycles. The summed E-state index contributed by atoms with van der Waals surface area (Å²) in [6.45, 7) is 2.63. The smallest absolute Gasteiger partial charge is 0.238 e. The van der Waals surface area contributed by atoms with Gasteiger partial charge in [-0.15, -0.1) is 11.8 Å². The van der Waals surface area contributed by atoms with Crippen LogP contribution in [-0.2, 0) is 4.79 Å². The average Bonchev–Trinajstić information content (AvgIpc) is 2.82. The van der Waals surface area contributed by atoms with E-state index in [1.54, 1.807) is 11.8 Å². The SMILES string of the molecule is CSc1cccc(NC(=O)CN2CCCC2)c1. The van der Waals surface area contributed by atoms with Crippen molar-refractivity contribution in [1.82, 2.24) is 4.90 Å². The molecule has 0 radical (unpaired) electrons. The normalized spacial score (nSPS) is 16.1. The molecule has 1 aromatic rings. The first kappa shape index (κ1) is 12.5. The van der Waals surface area contributed by atoms with E-state index >= 15 is 0 Å². The van der Waals surface area contributed by atoms with Crippen molar-refractivity contribution >= 4 is 23.4 Å². The second-order valence-electron chi connectivity index (χ2n) is 4.26. The summed E-state index contributed by atoms with van der Waals surface area (Å²) < 4.78 is 0. The van der Waals surface area contributed by atoms with Crippen LogP contribution in [0.4, 0.5) is 5.69 Å². The largest absolute Gasteiger partial charge is 0.325 e. The molecule has 0 bridgehead atoms. The molecule has 1 aliphatic rings. The molecule has 0 aromatic heterocycles. The number of amides is 1. The highest BCUT2D eigenvalue weighted by atomic mass is 32.2. The van der Waals surface area contributed by atoms with Crippen molar-refractivity contribution < 1.29 is 4.79 Å². The van der Waals surface area contributed by atoms with Crippen molar-refractivity contribution in [3.05, 3.63) is 24.3 Å². The molecule has 1 saturated heterocycles. The summed E-state index contributed by atoms with van der Waals surface area (Å²) in [7, 11) is 0. The number of hydrogen-bond acceptors (Lipinski definition) is 3. The van der Waals surface area contributed by atoms with Gasteiger partial charge >= 0.3 is 0 Å². The molecule has 1 amide bonds. The number of nitrogens with one attached hydrogen (secondary N) is 1. The first-order valence-corrected chi connectivity index (χ1v) is 7.16. The van der Waals surface area contributed by atoms with Gasteiger partial charge in [0.25, 0.3) is 0 Å². The Labute approximate surface area is 107 Å². The van der Waals surface area contributed by atoms with Crippen LogP contribution < -0.4 is 5.32 Å². The predicted octanol–water partition coefficient (Wildman–Crippen LogP) is 2.44. The van der Waals surface area contributed by atoms with Crippen LogP contribution in [0.15, 0.2) is 29.2 Å². The van der Waals surface area contributed by atoms with E-state index in [4.69, 9.17) is 0 Å². The molecule has 1 fully saturated rings. The van der Waals surface area contributed by atoms with E-state index in [1.165, 1.54) is 17.7 Å². The third-order valence-corrected chi connectivity index (χ3v) is 3.64. The van der Waals surface area contributed by atoms with Crippen molar-refractivity contribution in [1.29, 1.82) is 0 Å². The second kappa shape index (κ2) is 6.07. The van der Waals surface area contributed by atoms with Crippen LogP contribution in [-0.4, -0.2) is 36.7 Å². The van der Waals surface area contributed by atoms with Gasteiger partial charge < -0.3 is 5.32 Å². The average molecular weight is 250 g/mol. The van der Waals surface area contributed by atoms with E-state index in [1.807, 2.05) is 30.5 Å². The summed E-state index contributed by atoms with van der Waals surface area (Å²) in [6.07, 6.45) is 4.47. The molecule has 1 N–H and O–H groups in total. The molecule has 3 nitrogen and oxygen atoms in total. The van der Waals surface area contributed by atoms with Gasteiger partial charge in [-0.1, -0.05) is 6.07 Å². The number of carbonyl (C=O) groups excluding carboxylic acids is 1. The van der Waals surface area contributed by atoms with Crippen LogP contribution in [0.2, 0.25) is 0 Å². The lowest BCUT2D eigenvalue weighted by Gasteiger charge is -2.14. The minimum atomic E-state index is 0.0881. The van der Waals surface area contributed by atoms with Gasteiger partial charge in [0.2, 0.25) is 5.91 Å². The first-order chi connectivity index (χ1) is 8.28. The minimum absolute atomic E-state index is 0.0881. The van der Waals surface area contributed by atoms with Crippen molar-refractivity contribution in [2.45, 2.75) is 17.7 Å². The highest BCUT2D eigenvalue weighted by Gasteiger charge is 2.14. The Balaban J connectivity index is 1.88. The molecule has 1 heterocycles. The Kier molecular flexibility index (Phi) is 4.45. The van der Waals surface area contributed by atoms with Gasteiger partial charge in [0, 0.05) is 10.6 Å². The Hall–Kier alpha value is -1.00. The van der Waals surface area contributed by atoms with Gasteiger partial charge in [-0.25, -0.2) is 0 Å². The van der Waals surface area contributed by atoms with Gasteiger partial charge in [-0.3, -0.25) is 9.69 Å². The fourth-order valence-electron chi connectivity index (χ4n) is 2.05. The van der Waals surface area contributed by atoms with Crippen molar-refractivity contribution in [2.24, 2.45) is 0 Å². The fourth-order valence-corrected chi connectivity index (χ4v) is 2.50. The van der Waals surface area contributed by atoms with Crippen molar-refractivity contribution in [3.8, 4) is 0 Å². The third-order valence-electron chi connectivity index (χ3n) is 2.92. The molecule has 1 aromatic carbocycles. The number of anilines is 1. The molecule has 0 atom stereocenters. The number of thioether (sulfide) groups is 1. The third kappa shape index (κ3) is 3.75. The van der Waals surface area contributed by atoms with Crippen LogP contribution in [0.1, 0.15) is 12.8 Å². The second-order valence-corrected chi connectivity index (χ2v) is 5.14. The predicted molar refractivity (Wildman–Crippen MR) is 72.5 cm³/mol. The van der Waals surface area contributed by atoms with Crippen LogP contribution in [0.25, 0.3) is 0 Å². The minimum Gasteiger partial charge on any atom is -0.325 e. The fraction of sp³-hybridized carbons (Fsp3) is 0.462. The van der Waals surface area contributed by atoms with E-state index in [0.29, 0.717) is 6.54 Å². The molecule has 4 heteroatoms. The van der Waals surface area contributed by atoms with Gasteiger partial charge in [-0.2, -0.15) is 0 Å². The number of rotatable bonds is 4. The molecule has 0 saturated carbocycles. The van der Waals surface area contributed by atoms with E-state index in [0.717, 1.165) is 18.8 Å². The highest BCUT2D eigenvalue weighted by molar-refractivity contribution is 7.98. The zero-order valence-electron chi connectivity index (χ0n) is 10.1.